The van der Waals surface area contributed by atoms with Crippen LogP contribution in [0.1, 0.15) is 51.1 Å². The van der Waals surface area contributed by atoms with E-state index in [0.29, 0.717) is 18.1 Å². The van der Waals surface area contributed by atoms with Crippen LogP contribution in [0.2, 0.25) is 0 Å². The lowest BCUT2D eigenvalue weighted by Crippen LogP contribution is -2.37. The quantitative estimate of drug-likeness (QED) is 0.837. The number of hydrogen-bond donors (Lipinski definition) is 0. The monoisotopic (exact) mass is 263 g/mol. The molecule has 1 aromatic heterocycles. The Kier molecular flexibility index (Phi) is 4.75. The van der Waals surface area contributed by atoms with Crippen LogP contribution in [0.3, 0.4) is 0 Å². The van der Waals surface area contributed by atoms with Crippen LogP contribution in [-0.4, -0.2) is 36.3 Å². The van der Waals surface area contributed by atoms with E-state index in [4.69, 9.17) is 4.74 Å². The van der Waals surface area contributed by atoms with Crippen molar-refractivity contribution in [3.05, 3.63) is 18.1 Å². The third-order valence-electron chi connectivity index (χ3n) is 4.15. The second kappa shape index (κ2) is 6.33. The molecule has 0 aliphatic heterocycles. The van der Waals surface area contributed by atoms with Gasteiger partial charge in [-0.05, 0) is 31.6 Å². The molecule has 0 bridgehead atoms. The number of nitrogens with zero attached hydrogens (tertiary/aromatic N) is 3. The molecule has 1 aliphatic rings. The third kappa shape index (κ3) is 3.44. The zero-order chi connectivity index (χ0) is 13.8. The van der Waals surface area contributed by atoms with Gasteiger partial charge in [0.1, 0.15) is 12.1 Å². The molecule has 4 heteroatoms. The number of rotatable bonds is 4. The molecule has 1 heterocycles. The highest BCUT2D eigenvalue weighted by atomic mass is 16.5. The fourth-order valence-corrected chi connectivity index (χ4v) is 2.73. The molecule has 1 aliphatic carbocycles. The zero-order valence-corrected chi connectivity index (χ0v) is 12.5. The Morgan fingerprint density at radius 1 is 1.21 bits per heavy atom. The Bertz CT molecular complexity index is 400. The summed E-state index contributed by atoms with van der Waals surface area (Å²) in [5.74, 6) is 1.49. The maximum absolute atomic E-state index is 5.43. The van der Waals surface area contributed by atoms with Crippen LogP contribution in [0.4, 0.5) is 5.82 Å². The van der Waals surface area contributed by atoms with E-state index in [0.717, 1.165) is 24.4 Å². The molecule has 106 valence electrons. The summed E-state index contributed by atoms with van der Waals surface area (Å²) in [5, 5.41) is 0. The molecule has 1 aromatic rings. The van der Waals surface area contributed by atoms with Crippen molar-refractivity contribution in [3.63, 3.8) is 0 Å². The summed E-state index contributed by atoms with van der Waals surface area (Å²) in [7, 11) is 3.96. The predicted molar refractivity (Wildman–Crippen MR) is 77.6 cm³/mol. The molecule has 19 heavy (non-hydrogen) atoms. The van der Waals surface area contributed by atoms with Gasteiger partial charge in [0.05, 0.1) is 6.10 Å². The fourth-order valence-electron chi connectivity index (χ4n) is 2.73. The van der Waals surface area contributed by atoms with Crippen molar-refractivity contribution >= 4 is 5.82 Å². The van der Waals surface area contributed by atoms with E-state index in [1.54, 1.807) is 6.33 Å². The minimum Gasteiger partial charge on any atom is -0.381 e. The Labute approximate surface area is 116 Å². The van der Waals surface area contributed by atoms with Crippen LogP contribution < -0.4 is 4.90 Å². The largest absolute Gasteiger partial charge is 0.381 e. The second-order valence-corrected chi connectivity index (χ2v) is 5.73. The molecule has 2 rings (SSSR count). The third-order valence-corrected chi connectivity index (χ3v) is 4.15. The van der Waals surface area contributed by atoms with Gasteiger partial charge in [-0.1, -0.05) is 13.8 Å². The second-order valence-electron chi connectivity index (χ2n) is 5.73. The van der Waals surface area contributed by atoms with Gasteiger partial charge >= 0.3 is 0 Å². The van der Waals surface area contributed by atoms with Gasteiger partial charge in [0.25, 0.3) is 0 Å². The Morgan fingerprint density at radius 3 is 2.47 bits per heavy atom. The van der Waals surface area contributed by atoms with Crippen LogP contribution in [-0.2, 0) is 4.74 Å². The first-order valence-electron chi connectivity index (χ1n) is 7.19. The highest BCUT2D eigenvalue weighted by molar-refractivity contribution is 5.39. The summed E-state index contributed by atoms with van der Waals surface area (Å²) in [6.45, 7) is 4.33. The molecule has 0 unspecified atom stereocenters. The molecule has 0 aromatic carbocycles. The lowest BCUT2D eigenvalue weighted by atomic mass is 9.92. The van der Waals surface area contributed by atoms with Gasteiger partial charge in [0.2, 0.25) is 0 Å². The molecule has 4 nitrogen and oxygen atoms in total. The predicted octanol–water partition coefficient (Wildman–Crippen LogP) is 2.99. The lowest BCUT2D eigenvalue weighted by molar-refractivity contribution is 0.0659. The van der Waals surface area contributed by atoms with Gasteiger partial charge in [-0.25, -0.2) is 9.97 Å². The van der Waals surface area contributed by atoms with E-state index in [1.165, 1.54) is 12.8 Å². The minimum absolute atomic E-state index is 0.444. The first-order valence-corrected chi connectivity index (χ1v) is 7.19. The van der Waals surface area contributed by atoms with Crippen molar-refractivity contribution in [1.82, 2.24) is 9.97 Å². The first-order chi connectivity index (χ1) is 9.11. The normalized spacial score (nSPS) is 23.6. The summed E-state index contributed by atoms with van der Waals surface area (Å²) in [4.78, 5) is 11.1. The van der Waals surface area contributed by atoms with E-state index in [9.17, 15) is 0 Å². The smallest absolute Gasteiger partial charge is 0.132 e. The summed E-state index contributed by atoms with van der Waals surface area (Å²) in [6, 6.07) is 2.69. The summed E-state index contributed by atoms with van der Waals surface area (Å²) < 4.78 is 5.43. The van der Waals surface area contributed by atoms with E-state index in [1.807, 2.05) is 7.11 Å². The Hall–Kier alpha value is -1.16. The minimum atomic E-state index is 0.444. The van der Waals surface area contributed by atoms with Crippen LogP contribution in [0.15, 0.2) is 12.4 Å². The summed E-state index contributed by atoms with van der Waals surface area (Å²) >= 11 is 0. The maximum atomic E-state index is 5.43. The van der Waals surface area contributed by atoms with Crippen LogP contribution in [0.25, 0.3) is 0 Å². The van der Waals surface area contributed by atoms with Gasteiger partial charge < -0.3 is 9.64 Å². The molecule has 1 saturated carbocycles. The maximum Gasteiger partial charge on any atom is 0.132 e. The fraction of sp³-hybridized carbons (Fsp3) is 0.733. The number of methoxy groups -OCH3 is 1. The summed E-state index contributed by atoms with van der Waals surface area (Å²) in [6.07, 6.45) is 6.77. The topological polar surface area (TPSA) is 38.2 Å². The summed E-state index contributed by atoms with van der Waals surface area (Å²) in [5.41, 5.74) is 1.11. The number of aromatic nitrogens is 2. The van der Waals surface area contributed by atoms with Crippen molar-refractivity contribution in [1.29, 1.82) is 0 Å². The molecule has 0 saturated heterocycles. The lowest BCUT2D eigenvalue weighted by Gasteiger charge is -2.35. The van der Waals surface area contributed by atoms with Crippen LogP contribution in [0, 0.1) is 0 Å². The van der Waals surface area contributed by atoms with Crippen molar-refractivity contribution in [3.8, 4) is 0 Å². The van der Waals surface area contributed by atoms with Crippen LogP contribution in [0.5, 0.6) is 0 Å². The molecule has 0 amide bonds. The Morgan fingerprint density at radius 2 is 1.89 bits per heavy atom. The van der Waals surface area contributed by atoms with E-state index in [2.05, 4.69) is 41.8 Å². The zero-order valence-electron chi connectivity index (χ0n) is 12.5. The van der Waals surface area contributed by atoms with Crippen molar-refractivity contribution in [2.45, 2.75) is 57.6 Å². The van der Waals surface area contributed by atoms with E-state index in [-0.39, 0.29) is 0 Å². The molecule has 0 spiro atoms. The number of hydrogen-bond acceptors (Lipinski definition) is 4. The Balaban J connectivity index is 2.03. The average Bonchev–Trinajstić information content (AvgIpc) is 2.46. The number of anilines is 1. The first kappa shape index (κ1) is 14.3. The van der Waals surface area contributed by atoms with Gasteiger partial charge in [-0.3, -0.25) is 0 Å². The molecular weight excluding hydrogens is 238 g/mol. The van der Waals surface area contributed by atoms with Gasteiger partial charge in [0.15, 0.2) is 0 Å². The van der Waals surface area contributed by atoms with Crippen molar-refractivity contribution < 1.29 is 4.74 Å². The van der Waals surface area contributed by atoms with Crippen LogP contribution >= 0.6 is 0 Å². The van der Waals surface area contributed by atoms with E-state index >= 15 is 0 Å². The highest BCUT2D eigenvalue weighted by Gasteiger charge is 2.24. The van der Waals surface area contributed by atoms with Gasteiger partial charge in [0, 0.05) is 32.0 Å². The molecule has 1 fully saturated rings. The van der Waals surface area contributed by atoms with Crippen molar-refractivity contribution in [2.24, 2.45) is 0 Å². The van der Waals surface area contributed by atoms with Crippen molar-refractivity contribution in [2.75, 3.05) is 19.1 Å². The SMILES string of the molecule is COC1CCC(N(C)c2cc(C(C)C)ncn2)CC1. The molecular formula is C15H25N3O. The molecule has 0 radical (unpaired) electrons. The number of ether oxygens (including phenoxy) is 1. The highest BCUT2D eigenvalue weighted by Crippen LogP contribution is 2.27. The molecule has 0 atom stereocenters. The van der Waals surface area contributed by atoms with E-state index < -0.39 is 0 Å². The van der Waals surface area contributed by atoms with Gasteiger partial charge in [-0.15, -0.1) is 0 Å². The van der Waals surface area contributed by atoms with Gasteiger partial charge in [-0.2, -0.15) is 0 Å². The molecule has 0 N–H and O–H groups in total. The standard InChI is InChI=1S/C15H25N3O/c1-11(2)14-9-15(17-10-16-14)18(3)12-5-7-13(19-4)8-6-12/h9-13H,5-8H2,1-4H3. The average molecular weight is 263 g/mol.